The van der Waals surface area contributed by atoms with Gasteiger partial charge in [-0.3, -0.25) is 4.79 Å². The number of aromatic nitrogens is 3. The van der Waals surface area contributed by atoms with E-state index in [0.29, 0.717) is 6.54 Å². The molecule has 5 nitrogen and oxygen atoms in total. The van der Waals surface area contributed by atoms with E-state index in [-0.39, 0.29) is 11.2 Å². The number of thioether (sulfide) groups is 1. The molecule has 0 bridgehead atoms. The van der Waals surface area contributed by atoms with Gasteiger partial charge in [-0.1, -0.05) is 48.2 Å². The lowest BCUT2D eigenvalue weighted by molar-refractivity contribution is -0.120. The molecule has 0 fully saturated rings. The summed E-state index contributed by atoms with van der Waals surface area (Å²) in [4.78, 5) is 13.4. The minimum absolute atomic E-state index is 0.0277. The molecule has 1 atom stereocenters. The lowest BCUT2D eigenvalue weighted by Crippen LogP contribution is -2.30. The third-order valence-electron chi connectivity index (χ3n) is 4.18. The van der Waals surface area contributed by atoms with Crippen molar-refractivity contribution in [2.24, 2.45) is 0 Å². The first kappa shape index (κ1) is 19.6. The van der Waals surface area contributed by atoms with Gasteiger partial charge >= 0.3 is 0 Å². The Labute approximate surface area is 168 Å². The number of carbonyl (C=O) groups excluding carboxylic acids is 1. The van der Waals surface area contributed by atoms with Crippen molar-refractivity contribution in [1.82, 2.24) is 20.1 Å². The zero-order valence-corrected chi connectivity index (χ0v) is 17.2. The number of nitrogens with zero attached hydrogens (tertiary/aromatic N) is 3. The fourth-order valence-corrected chi connectivity index (χ4v) is 4.37. The topological polar surface area (TPSA) is 59.8 Å². The van der Waals surface area contributed by atoms with Crippen molar-refractivity contribution in [3.05, 3.63) is 64.1 Å². The van der Waals surface area contributed by atoms with Crippen LogP contribution in [0.1, 0.15) is 30.1 Å². The molecule has 7 heteroatoms. The molecule has 0 radical (unpaired) electrons. The van der Waals surface area contributed by atoms with Crippen molar-refractivity contribution in [2.45, 2.75) is 43.6 Å². The predicted molar refractivity (Wildman–Crippen MR) is 111 cm³/mol. The van der Waals surface area contributed by atoms with Crippen LogP contribution in [-0.2, 0) is 24.2 Å². The molecule has 0 aliphatic rings. The Morgan fingerprint density at radius 3 is 2.74 bits per heavy atom. The van der Waals surface area contributed by atoms with E-state index in [1.54, 1.807) is 11.3 Å². The molecule has 0 saturated carbocycles. The number of carbonyl (C=O) groups is 1. The number of hydrogen-bond acceptors (Lipinski definition) is 5. The Balaban J connectivity index is 1.79. The van der Waals surface area contributed by atoms with E-state index in [0.717, 1.165) is 30.4 Å². The summed E-state index contributed by atoms with van der Waals surface area (Å²) in [6.45, 7) is 5.26. The van der Waals surface area contributed by atoms with E-state index in [1.165, 1.54) is 22.2 Å². The minimum Gasteiger partial charge on any atom is -0.355 e. The molecule has 2 aromatic heterocycles. The molecule has 0 aliphatic heterocycles. The highest BCUT2D eigenvalue weighted by molar-refractivity contribution is 8.00. The van der Waals surface area contributed by atoms with Gasteiger partial charge in [-0.05, 0) is 37.3 Å². The van der Waals surface area contributed by atoms with Crippen molar-refractivity contribution in [3.63, 3.8) is 0 Å². The molecule has 3 aromatic rings. The molecular weight excluding hydrogens is 376 g/mol. The van der Waals surface area contributed by atoms with E-state index in [2.05, 4.69) is 61.9 Å². The molecule has 142 valence electrons. The second-order valence-electron chi connectivity index (χ2n) is 6.20. The molecule has 3 rings (SSSR count). The average molecular weight is 401 g/mol. The highest BCUT2D eigenvalue weighted by Crippen LogP contribution is 2.24. The maximum atomic E-state index is 12.1. The summed E-state index contributed by atoms with van der Waals surface area (Å²) in [5.41, 5.74) is 1.28. The molecule has 1 amide bonds. The van der Waals surface area contributed by atoms with Gasteiger partial charge < -0.3 is 9.88 Å². The maximum Gasteiger partial charge on any atom is 0.233 e. The molecule has 0 unspecified atom stereocenters. The number of benzene rings is 1. The van der Waals surface area contributed by atoms with Gasteiger partial charge in [-0.15, -0.1) is 21.5 Å². The van der Waals surface area contributed by atoms with Crippen LogP contribution in [0.3, 0.4) is 0 Å². The summed E-state index contributed by atoms with van der Waals surface area (Å²) in [6, 6.07) is 14.6. The third kappa shape index (κ3) is 5.43. The van der Waals surface area contributed by atoms with Crippen LogP contribution in [0.25, 0.3) is 0 Å². The highest BCUT2D eigenvalue weighted by atomic mass is 32.2. The maximum absolute atomic E-state index is 12.1. The molecule has 0 aliphatic carbocycles. The van der Waals surface area contributed by atoms with Crippen LogP contribution in [0.15, 0.2) is 53.0 Å². The predicted octanol–water partition coefficient (Wildman–Crippen LogP) is 3.79. The molecule has 0 saturated heterocycles. The van der Waals surface area contributed by atoms with Gasteiger partial charge in [0.1, 0.15) is 5.82 Å². The largest absolute Gasteiger partial charge is 0.355 e. The quantitative estimate of drug-likeness (QED) is 0.555. The van der Waals surface area contributed by atoms with Gasteiger partial charge in [0.15, 0.2) is 5.16 Å². The Hall–Kier alpha value is -2.12. The molecule has 2 heterocycles. The zero-order valence-electron chi connectivity index (χ0n) is 15.6. The molecule has 1 N–H and O–H groups in total. The lowest BCUT2D eigenvalue weighted by atomic mass is 10.1. The summed E-state index contributed by atoms with van der Waals surface area (Å²) < 4.78 is 2.16. The molecular formula is C20H24N4OS2. The van der Waals surface area contributed by atoms with Gasteiger partial charge in [0.05, 0.1) is 5.25 Å². The first-order valence-corrected chi connectivity index (χ1v) is 10.9. The summed E-state index contributed by atoms with van der Waals surface area (Å²) in [7, 11) is 0. The van der Waals surface area contributed by atoms with Gasteiger partial charge in [-0.25, -0.2) is 0 Å². The third-order valence-corrected chi connectivity index (χ3v) is 6.13. The van der Waals surface area contributed by atoms with Gasteiger partial charge in [0.25, 0.3) is 0 Å². The van der Waals surface area contributed by atoms with Gasteiger partial charge in [0, 0.05) is 24.4 Å². The fourth-order valence-electron chi connectivity index (χ4n) is 2.75. The summed E-state index contributed by atoms with van der Waals surface area (Å²) >= 11 is 3.19. The molecule has 0 spiro atoms. The number of rotatable bonds is 9. The molecule has 1 aromatic carbocycles. The van der Waals surface area contributed by atoms with Crippen LogP contribution in [0.5, 0.6) is 0 Å². The first-order chi connectivity index (χ1) is 13.2. The normalized spacial score (nSPS) is 12.1. The summed E-state index contributed by atoms with van der Waals surface area (Å²) in [5, 5.41) is 14.4. The van der Waals surface area contributed by atoms with E-state index in [1.807, 2.05) is 19.9 Å². The second-order valence-corrected chi connectivity index (χ2v) is 8.54. The number of hydrogen-bond donors (Lipinski definition) is 1. The minimum atomic E-state index is -0.209. The Bertz CT molecular complexity index is 846. The average Bonchev–Trinajstić information content (AvgIpc) is 3.32. The zero-order chi connectivity index (χ0) is 19.1. The first-order valence-electron chi connectivity index (χ1n) is 9.10. The van der Waals surface area contributed by atoms with Crippen LogP contribution in [0.2, 0.25) is 0 Å². The Kier molecular flexibility index (Phi) is 7.06. The van der Waals surface area contributed by atoms with Crippen molar-refractivity contribution in [1.29, 1.82) is 0 Å². The Morgan fingerprint density at radius 2 is 2.04 bits per heavy atom. The van der Waals surface area contributed by atoms with Crippen molar-refractivity contribution >= 4 is 29.0 Å². The van der Waals surface area contributed by atoms with Crippen LogP contribution < -0.4 is 5.32 Å². The molecule has 27 heavy (non-hydrogen) atoms. The van der Waals surface area contributed by atoms with Crippen molar-refractivity contribution in [2.75, 3.05) is 6.54 Å². The van der Waals surface area contributed by atoms with E-state index >= 15 is 0 Å². The van der Waals surface area contributed by atoms with E-state index in [4.69, 9.17) is 0 Å². The SMILES string of the molecule is CCNC(=O)[C@@H](C)Sc1nnc(Cc2cccs2)n1CCc1ccccc1. The number of amides is 1. The fraction of sp³-hybridized carbons (Fsp3) is 0.350. The number of nitrogens with one attached hydrogen (secondary N) is 1. The van der Waals surface area contributed by atoms with E-state index in [9.17, 15) is 4.79 Å². The number of thiophene rings is 1. The summed E-state index contributed by atoms with van der Waals surface area (Å²) in [5.74, 6) is 0.971. The van der Waals surface area contributed by atoms with Crippen LogP contribution >= 0.6 is 23.1 Å². The second kappa shape index (κ2) is 9.71. The highest BCUT2D eigenvalue weighted by Gasteiger charge is 2.20. The van der Waals surface area contributed by atoms with Gasteiger partial charge in [-0.2, -0.15) is 0 Å². The van der Waals surface area contributed by atoms with Crippen LogP contribution in [-0.4, -0.2) is 32.5 Å². The number of aryl methyl sites for hydroxylation is 1. The van der Waals surface area contributed by atoms with Gasteiger partial charge in [0.2, 0.25) is 5.91 Å². The smallest absolute Gasteiger partial charge is 0.233 e. The monoisotopic (exact) mass is 400 g/mol. The van der Waals surface area contributed by atoms with Crippen LogP contribution in [0.4, 0.5) is 0 Å². The summed E-state index contributed by atoms with van der Waals surface area (Å²) in [6.07, 6.45) is 1.66. The standard InChI is InChI=1S/C20H24N4OS2/c1-3-21-19(25)15(2)27-20-23-22-18(14-17-10-7-13-26-17)24(20)12-11-16-8-5-4-6-9-16/h4-10,13,15H,3,11-12,14H2,1-2H3,(H,21,25)/t15-/m1/s1. The van der Waals surface area contributed by atoms with Crippen molar-refractivity contribution in [3.8, 4) is 0 Å². The van der Waals surface area contributed by atoms with E-state index < -0.39 is 0 Å². The lowest BCUT2D eigenvalue weighted by Gasteiger charge is -2.13. The Morgan fingerprint density at radius 1 is 1.22 bits per heavy atom. The van der Waals surface area contributed by atoms with Crippen LogP contribution in [0, 0.1) is 0 Å². The van der Waals surface area contributed by atoms with Crippen molar-refractivity contribution < 1.29 is 4.79 Å².